The van der Waals surface area contributed by atoms with E-state index in [4.69, 9.17) is 8.71 Å². The van der Waals surface area contributed by atoms with Crippen molar-refractivity contribution in [1.29, 1.82) is 0 Å². The fourth-order valence-corrected chi connectivity index (χ4v) is 3.93. The molecular weight excluding hydrogens is 508 g/mol. The van der Waals surface area contributed by atoms with Gasteiger partial charge in [0.25, 0.3) is 21.8 Å². The van der Waals surface area contributed by atoms with E-state index in [1.165, 1.54) is 6.33 Å². The molecule has 0 radical (unpaired) electrons. The molecule has 0 unspecified atom stereocenters. The summed E-state index contributed by atoms with van der Waals surface area (Å²) in [7, 11) is -3.48. The summed E-state index contributed by atoms with van der Waals surface area (Å²) in [5, 5.41) is 10.9. The topological polar surface area (TPSA) is 142 Å². The van der Waals surface area contributed by atoms with E-state index in [1.54, 1.807) is 10.7 Å². The van der Waals surface area contributed by atoms with Gasteiger partial charge in [0.1, 0.15) is 6.33 Å². The Morgan fingerprint density at radius 1 is 1.24 bits per heavy atom. The Balaban J connectivity index is 1.46. The zero-order valence-electron chi connectivity index (χ0n) is 21.8. The summed E-state index contributed by atoms with van der Waals surface area (Å²) in [6, 6.07) is 7.74. The van der Waals surface area contributed by atoms with Crippen LogP contribution in [0.4, 0.5) is 0 Å². The molecule has 0 fully saturated rings. The quantitative estimate of drug-likeness (QED) is 0.214. The van der Waals surface area contributed by atoms with Crippen LogP contribution in [0.25, 0.3) is 16.8 Å². The van der Waals surface area contributed by atoms with Gasteiger partial charge in [-0.2, -0.15) is 18.5 Å². The summed E-state index contributed by atoms with van der Waals surface area (Å²) in [5.74, 6) is 5.90. The largest absolute Gasteiger partial charge is 0.345 e. The number of nitrogens with one attached hydrogen (secondary N) is 1. The van der Waals surface area contributed by atoms with E-state index in [0.717, 1.165) is 39.7 Å². The second-order valence-corrected chi connectivity index (χ2v) is 11.4. The number of nitrogens with zero attached hydrogens (tertiary/aromatic N) is 5. The Kier molecular flexibility index (Phi) is 7.61. The van der Waals surface area contributed by atoms with Crippen LogP contribution in [0.1, 0.15) is 60.4 Å². The van der Waals surface area contributed by atoms with Crippen LogP contribution in [-0.2, 0) is 26.3 Å². The van der Waals surface area contributed by atoms with Gasteiger partial charge in [-0.05, 0) is 30.2 Å². The zero-order chi connectivity index (χ0) is 27.5. The lowest BCUT2D eigenvalue weighted by Crippen LogP contribution is -2.24. The summed E-state index contributed by atoms with van der Waals surface area (Å²) in [6.07, 6.45) is 4.54. The average Bonchev–Trinajstić information content (AvgIpc) is 3.49. The number of fused-ring (bicyclic) bond motifs is 1. The normalized spacial score (nSPS) is 11.8. The van der Waals surface area contributed by atoms with Crippen molar-refractivity contribution in [2.45, 2.75) is 46.1 Å². The lowest BCUT2D eigenvalue weighted by Gasteiger charge is -2.10. The second kappa shape index (κ2) is 10.7. The molecule has 0 atom stereocenters. The van der Waals surface area contributed by atoms with E-state index >= 15 is 0 Å². The van der Waals surface area contributed by atoms with Crippen molar-refractivity contribution in [2.24, 2.45) is 0 Å². The standard InChI is InChI=1S/C26H28N6O5S/c1-17-12-19(9-10-20(17)14-27-24(33)23-30-25(37-31-23)26(2,3)4)22-21-13-18(15-32(21)29-16-28-22)8-6-7-11-36-38(5,34)35/h9-10,12-13,15-16H,7,11,14H2,1-5H3,(H,27,33). The van der Waals surface area contributed by atoms with Crippen LogP contribution in [0.15, 0.2) is 41.3 Å². The minimum atomic E-state index is -3.48. The van der Waals surface area contributed by atoms with Crippen LogP contribution >= 0.6 is 0 Å². The molecule has 4 aromatic rings. The van der Waals surface area contributed by atoms with E-state index in [9.17, 15) is 13.2 Å². The molecule has 0 aliphatic carbocycles. The van der Waals surface area contributed by atoms with Crippen molar-refractivity contribution in [2.75, 3.05) is 12.9 Å². The van der Waals surface area contributed by atoms with Crippen LogP contribution in [0.5, 0.6) is 0 Å². The van der Waals surface area contributed by atoms with Gasteiger partial charge in [-0.1, -0.05) is 49.9 Å². The number of carbonyl (C=O) groups excluding carboxylic acids is 1. The molecule has 0 aliphatic rings. The van der Waals surface area contributed by atoms with Crippen molar-refractivity contribution in [3.05, 3.63) is 65.2 Å². The number of rotatable bonds is 7. The fourth-order valence-electron chi connectivity index (χ4n) is 3.55. The molecule has 3 aromatic heterocycles. The SMILES string of the molecule is Cc1cc(-c2ncnn3cc(C#CCCOS(C)(=O)=O)cc23)ccc1CNC(=O)c1noc(C(C)(C)C)n1. The van der Waals surface area contributed by atoms with Crippen LogP contribution < -0.4 is 5.32 Å². The van der Waals surface area contributed by atoms with Gasteiger partial charge >= 0.3 is 0 Å². The van der Waals surface area contributed by atoms with Gasteiger partial charge in [0.15, 0.2) is 0 Å². The third-order valence-electron chi connectivity index (χ3n) is 5.49. The molecule has 4 rings (SSSR count). The third kappa shape index (κ3) is 6.62. The summed E-state index contributed by atoms with van der Waals surface area (Å²) in [4.78, 5) is 21.2. The van der Waals surface area contributed by atoms with Crippen LogP contribution in [0.2, 0.25) is 0 Å². The zero-order valence-corrected chi connectivity index (χ0v) is 22.6. The van der Waals surface area contributed by atoms with Crippen LogP contribution in [0.3, 0.4) is 0 Å². The molecule has 38 heavy (non-hydrogen) atoms. The van der Waals surface area contributed by atoms with Crippen molar-refractivity contribution >= 4 is 21.5 Å². The molecule has 1 N–H and O–H groups in total. The molecule has 12 heteroatoms. The Morgan fingerprint density at radius 2 is 2.03 bits per heavy atom. The van der Waals surface area contributed by atoms with Gasteiger partial charge in [0.05, 0.1) is 24.1 Å². The number of hydrogen-bond donors (Lipinski definition) is 1. The third-order valence-corrected chi connectivity index (χ3v) is 6.08. The highest BCUT2D eigenvalue weighted by Gasteiger charge is 2.24. The van der Waals surface area contributed by atoms with Crippen LogP contribution in [0, 0.1) is 18.8 Å². The molecule has 198 valence electrons. The first-order chi connectivity index (χ1) is 17.9. The monoisotopic (exact) mass is 536 g/mol. The summed E-state index contributed by atoms with van der Waals surface area (Å²) < 4.78 is 33.7. The smallest absolute Gasteiger partial charge is 0.292 e. The molecule has 0 aliphatic heterocycles. The van der Waals surface area contributed by atoms with Crippen molar-refractivity contribution in [3.8, 4) is 23.1 Å². The molecular formula is C26H28N6O5S. The van der Waals surface area contributed by atoms with Gasteiger partial charge in [-0.3, -0.25) is 8.98 Å². The maximum Gasteiger partial charge on any atom is 0.292 e. The Labute approximate surface area is 220 Å². The predicted octanol–water partition coefficient (Wildman–Crippen LogP) is 3.03. The molecule has 0 saturated heterocycles. The Bertz CT molecular complexity index is 1650. The number of benzene rings is 1. The highest BCUT2D eigenvalue weighted by atomic mass is 32.2. The molecule has 0 saturated carbocycles. The van der Waals surface area contributed by atoms with Gasteiger partial charge in [-0.25, -0.2) is 9.50 Å². The molecule has 0 spiro atoms. The number of aromatic nitrogens is 5. The summed E-state index contributed by atoms with van der Waals surface area (Å²) >= 11 is 0. The number of hydrogen-bond acceptors (Lipinski definition) is 9. The maximum absolute atomic E-state index is 12.5. The first-order valence-electron chi connectivity index (χ1n) is 11.8. The number of amides is 1. The van der Waals surface area contributed by atoms with E-state index in [2.05, 4.69) is 37.4 Å². The van der Waals surface area contributed by atoms with E-state index in [-0.39, 0.29) is 24.3 Å². The van der Waals surface area contributed by atoms with Crippen molar-refractivity contribution in [1.82, 2.24) is 30.1 Å². The molecule has 0 bridgehead atoms. The first kappa shape index (κ1) is 27.0. The lowest BCUT2D eigenvalue weighted by molar-refractivity contribution is 0.0937. The Morgan fingerprint density at radius 3 is 2.71 bits per heavy atom. The highest BCUT2D eigenvalue weighted by molar-refractivity contribution is 7.85. The molecule has 1 aromatic carbocycles. The number of aryl methyl sites for hydroxylation is 1. The second-order valence-electron chi connectivity index (χ2n) is 9.74. The molecule has 3 heterocycles. The van der Waals surface area contributed by atoms with Crippen molar-refractivity contribution < 1.29 is 21.9 Å². The van der Waals surface area contributed by atoms with E-state index < -0.39 is 16.0 Å². The molecule has 11 nitrogen and oxygen atoms in total. The van der Waals surface area contributed by atoms with Crippen molar-refractivity contribution in [3.63, 3.8) is 0 Å². The minimum Gasteiger partial charge on any atom is -0.345 e. The maximum atomic E-state index is 12.5. The van der Waals surface area contributed by atoms with E-state index in [0.29, 0.717) is 12.4 Å². The predicted molar refractivity (Wildman–Crippen MR) is 140 cm³/mol. The van der Waals surface area contributed by atoms with Crippen LogP contribution in [-0.4, -0.2) is 51.9 Å². The summed E-state index contributed by atoms with van der Waals surface area (Å²) in [5.41, 5.74) is 4.68. The van der Waals surface area contributed by atoms with Gasteiger partial charge < -0.3 is 9.84 Å². The number of carbonyl (C=O) groups is 1. The molecule has 1 amide bonds. The minimum absolute atomic E-state index is 0.00244. The summed E-state index contributed by atoms with van der Waals surface area (Å²) in [6.45, 7) is 8.06. The lowest BCUT2D eigenvalue weighted by atomic mass is 9.97. The van der Waals surface area contributed by atoms with Gasteiger partial charge in [0.2, 0.25) is 5.89 Å². The van der Waals surface area contributed by atoms with E-state index in [1.807, 2.05) is 52.0 Å². The Hall–Kier alpha value is -4.08. The average molecular weight is 537 g/mol. The fraction of sp³-hybridized carbons (Fsp3) is 0.346. The van der Waals surface area contributed by atoms with Gasteiger partial charge in [0, 0.05) is 35.7 Å². The van der Waals surface area contributed by atoms with Gasteiger partial charge in [-0.15, -0.1) is 0 Å². The first-order valence-corrected chi connectivity index (χ1v) is 13.6. The highest BCUT2D eigenvalue weighted by Crippen LogP contribution is 2.25.